The highest BCUT2D eigenvalue weighted by atomic mass is 14.2. The fraction of sp³-hybridized carbons (Fsp3) is 1.00. The molecule has 0 aliphatic rings. The number of hydrogen-bond acceptors (Lipinski definition) is 0. The van der Waals surface area contributed by atoms with E-state index in [1.807, 2.05) is 0 Å². The zero-order valence-corrected chi connectivity index (χ0v) is 20.0. The second kappa shape index (κ2) is 24.0. The van der Waals surface area contributed by atoms with Gasteiger partial charge in [-0.2, -0.15) is 0 Å². The maximum absolute atomic E-state index is 2.36. The lowest BCUT2D eigenvalue weighted by atomic mass is 9.79. The van der Waals surface area contributed by atoms with E-state index in [2.05, 4.69) is 62.3 Å². The maximum atomic E-state index is 2.36. The Kier molecular flexibility index (Phi) is 28.6. The van der Waals surface area contributed by atoms with E-state index in [0.29, 0.717) is 5.41 Å². The molecule has 0 aromatic carbocycles. The van der Waals surface area contributed by atoms with Crippen LogP contribution in [-0.2, 0) is 0 Å². The van der Waals surface area contributed by atoms with Gasteiger partial charge >= 0.3 is 0 Å². The Morgan fingerprint density at radius 2 is 0.760 bits per heavy atom. The van der Waals surface area contributed by atoms with Gasteiger partial charge in [0.2, 0.25) is 0 Å². The number of hydrogen-bond donors (Lipinski definition) is 0. The molecule has 0 radical (unpaired) electrons. The Bertz CT molecular complexity index is 189. The van der Waals surface area contributed by atoms with Crippen LogP contribution < -0.4 is 0 Å². The zero-order chi connectivity index (χ0) is 20.0. The first-order valence-electron chi connectivity index (χ1n) is 11.8. The molecule has 1 atom stereocenters. The van der Waals surface area contributed by atoms with Crippen molar-refractivity contribution < 1.29 is 0 Å². The van der Waals surface area contributed by atoms with Gasteiger partial charge in [-0.1, -0.05) is 152 Å². The Morgan fingerprint density at radius 3 is 1.00 bits per heavy atom. The first kappa shape index (κ1) is 29.8. The van der Waals surface area contributed by atoms with E-state index in [9.17, 15) is 0 Å². The smallest absolute Gasteiger partial charge is 0.0357 e. The van der Waals surface area contributed by atoms with Crippen LogP contribution in [0, 0.1) is 11.3 Å². The van der Waals surface area contributed by atoms with Gasteiger partial charge in [0.25, 0.3) is 0 Å². The summed E-state index contributed by atoms with van der Waals surface area (Å²) in [5, 5.41) is 0. The van der Waals surface area contributed by atoms with Crippen molar-refractivity contribution >= 4 is 0 Å². The summed E-state index contributed by atoms with van der Waals surface area (Å²) in [6.07, 6.45) is 19.6. The highest BCUT2D eigenvalue weighted by molar-refractivity contribution is 4.69. The molecule has 0 N–H and O–H groups in total. The summed E-state index contributed by atoms with van der Waals surface area (Å²) in [7, 11) is 0. The summed E-state index contributed by atoms with van der Waals surface area (Å²) in [4.78, 5) is 0. The van der Waals surface area contributed by atoms with Crippen LogP contribution in [0.15, 0.2) is 0 Å². The third-order valence-electron chi connectivity index (χ3n) is 5.13. The highest BCUT2D eigenvalue weighted by Gasteiger charge is 2.18. The molecule has 0 amide bonds. The van der Waals surface area contributed by atoms with Crippen molar-refractivity contribution in [3.63, 3.8) is 0 Å². The molecule has 0 spiro atoms. The molecule has 0 heterocycles. The van der Waals surface area contributed by atoms with E-state index in [-0.39, 0.29) is 0 Å². The van der Waals surface area contributed by atoms with Gasteiger partial charge < -0.3 is 0 Å². The normalized spacial score (nSPS) is 11.9. The summed E-state index contributed by atoms with van der Waals surface area (Å²) < 4.78 is 0. The Hall–Kier alpha value is 0. The van der Waals surface area contributed by atoms with Gasteiger partial charge in [0, 0.05) is 0 Å². The van der Waals surface area contributed by atoms with Crippen LogP contribution in [0.2, 0.25) is 0 Å². The van der Waals surface area contributed by atoms with Crippen molar-refractivity contribution in [1.82, 2.24) is 0 Å². The number of rotatable bonds is 12. The molecule has 0 nitrogen and oxygen atoms in total. The summed E-state index contributed by atoms with van der Waals surface area (Å²) in [5.41, 5.74) is 0.509. The highest BCUT2D eigenvalue weighted by Crippen LogP contribution is 2.29. The van der Waals surface area contributed by atoms with Gasteiger partial charge in [-0.25, -0.2) is 0 Å². The molecule has 0 rings (SSSR count). The molecule has 0 fully saturated rings. The molecule has 0 aliphatic carbocycles. The molecule has 0 aromatic heterocycles. The second-order valence-corrected chi connectivity index (χ2v) is 8.88. The van der Waals surface area contributed by atoms with Crippen LogP contribution in [-0.4, -0.2) is 0 Å². The van der Waals surface area contributed by atoms with Gasteiger partial charge in [-0.3, -0.25) is 0 Å². The molecule has 1 unspecified atom stereocenters. The average molecular weight is 357 g/mol. The van der Waals surface area contributed by atoms with Crippen LogP contribution in [0.25, 0.3) is 0 Å². The standard InChI is InChI=1S/C10H22.C8H18.C7H16/c1-6-7-8-9(2)10(3,4)5;1-3-5-7-8-6-4-2;1-3-5-7-6-4-2/h9H,6-8H2,1-5H3;3-8H2,1-2H3;3-7H2,1-2H3. The molecule has 0 saturated heterocycles. The van der Waals surface area contributed by atoms with Crippen LogP contribution in [0.4, 0.5) is 0 Å². The van der Waals surface area contributed by atoms with E-state index >= 15 is 0 Å². The first-order chi connectivity index (χ1) is 11.8. The topological polar surface area (TPSA) is 0 Å². The second-order valence-electron chi connectivity index (χ2n) is 8.88. The quantitative estimate of drug-likeness (QED) is 0.305. The van der Waals surface area contributed by atoms with E-state index in [4.69, 9.17) is 0 Å². The lowest BCUT2D eigenvalue weighted by Gasteiger charge is -2.26. The molecular weight excluding hydrogens is 300 g/mol. The van der Waals surface area contributed by atoms with Crippen LogP contribution in [0.3, 0.4) is 0 Å². The van der Waals surface area contributed by atoms with Crippen LogP contribution in [0.1, 0.15) is 152 Å². The molecule has 0 bridgehead atoms. The molecule has 0 aromatic rings. The van der Waals surface area contributed by atoms with E-state index in [1.165, 1.54) is 89.9 Å². The lowest BCUT2D eigenvalue weighted by Crippen LogP contribution is -2.16. The van der Waals surface area contributed by atoms with E-state index in [1.54, 1.807) is 0 Å². The van der Waals surface area contributed by atoms with Crippen molar-refractivity contribution in [3.8, 4) is 0 Å². The Labute approximate surface area is 164 Å². The summed E-state index contributed by atoms with van der Waals surface area (Å²) in [6.45, 7) is 20.6. The molecule has 0 heteroatoms. The Balaban J connectivity index is -0.000000296. The van der Waals surface area contributed by atoms with Crippen LogP contribution >= 0.6 is 0 Å². The SMILES string of the molecule is CCCCC(C)C(C)(C)C.CCCCCCC.CCCCCCCC. The summed E-state index contributed by atoms with van der Waals surface area (Å²) in [6, 6.07) is 0. The monoisotopic (exact) mass is 356 g/mol. The van der Waals surface area contributed by atoms with Gasteiger partial charge in [0.05, 0.1) is 0 Å². The molecular formula is C25H56. The minimum atomic E-state index is 0.509. The maximum Gasteiger partial charge on any atom is -0.0357 e. The van der Waals surface area contributed by atoms with Crippen molar-refractivity contribution in [1.29, 1.82) is 0 Å². The Morgan fingerprint density at radius 1 is 0.480 bits per heavy atom. The minimum Gasteiger partial charge on any atom is -0.0654 e. The van der Waals surface area contributed by atoms with Gasteiger partial charge in [0.1, 0.15) is 0 Å². The molecule has 25 heavy (non-hydrogen) atoms. The van der Waals surface area contributed by atoms with E-state index in [0.717, 1.165) is 5.92 Å². The molecule has 0 aliphatic heterocycles. The predicted octanol–water partition coefficient (Wildman–Crippen LogP) is 10.2. The lowest BCUT2D eigenvalue weighted by molar-refractivity contribution is 0.242. The average Bonchev–Trinajstić information content (AvgIpc) is 2.57. The minimum absolute atomic E-state index is 0.509. The van der Waals surface area contributed by atoms with Gasteiger partial charge in [-0.15, -0.1) is 0 Å². The number of unbranched alkanes of at least 4 members (excludes halogenated alkanes) is 10. The largest absolute Gasteiger partial charge is 0.0654 e. The summed E-state index contributed by atoms with van der Waals surface area (Å²) >= 11 is 0. The van der Waals surface area contributed by atoms with Crippen molar-refractivity contribution in [2.45, 2.75) is 152 Å². The summed E-state index contributed by atoms with van der Waals surface area (Å²) in [5.74, 6) is 0.868. The molecule has 0 saturated carbocycles. The fourth-order valence-corrected chi connectivity index (χ4v) is 2.47. The van der Waals surface area contributed by atoms with Crippen LogP contribution in [0.5, 0.6) is 0 Å². The third kappa shape index (κ3) is 32.2. The van der Waals surface area contributed by atoms with Gasteiger partial charge in [0.15, 0.2) is 0 Å². The third-order valence-corrected chi connectivity index (χ3v) is 5.13. The predicted molar refractivity (Wildman–Crippen MR) is 122 cm³/mol. The first-order valence-corrected chi connectivity index (χ1v) is 11.8. The fourth-order valence-electron chi connectivity index (χ4n) is 2.47. The van der Waals surface area contributed by atoms with Gasteiger partial charge in [-0.05, 0) is 11.3 Å². The van der Waals surface area contributed by atoms with Crippen molar-refractivity contribution in [2.75, 3.05) is 0 Å². The van der Waals surface area contributed by atoms with E-state index < -0.39 is 0 Å². The zero-order valence-electron chi connectivity index (χ0n) is 20.0. The van der Waals surface area contributed by atoms with Crippen molar-refractivity contribution in [3.05, 3.63) is 0 Å². The molecule has 156 valence electrons. The van der Waals surface area contributed by atoms with Crippen molar-refractivity contribution in [2.24, 2.45) is 11.3 Å².